The van der Waals surface area contributed by atoms with Crippen LogP contribution in [0, 0.1) is 5.92 Å². The second-order valence-corrected chi connectivity index (χ2v) is 5.84. The van der Waals surface area contributed by atoms with E-state index in [1.807, 2.05) is 0 Å². The first-order chi connectivity index (χ1) is 8.24. The fourth-order valence-electron chi connectivity index (χ4n) is 1.95. The number of hydrogen-bond acceptors (Lipinski definition) is 4. The van der Waals surface area contributed by atoms with Gasteiger partial charge in [-0.25, -0.2) is 0 Å². The van der Waals surface area contributed by atoms with Crippen LogP contribution in [0.5, 0.6) is 0 Å². The van der Waals surface area contributed by atoms with Gasteiger partial charge in [-0.05, 0) is 37.5 Å². The van der Waals surface area contributed by atoms with Gasteiger partial charge in [0, 0.05) is 18.9 Å². The molecule has 2 atom stereocenters. The molecule has 0 saturated carbocycles. The second-order valence-electron chi connectivity index (χ2n) is 4.62. The Hall–Kier alpha value is -0.260. The van der Waals surface area contributed by atoms with Crippen LogP contribution in [0.3, 0.4) is 0 Å². The number of carbonyl (C=O) groups is 1. The molecule has 0 aliphatic carbocycles. The lowest BCUT2D eigenvalue weighted by atomic mass is 9.94. The van der Waals surface area contributed by atoms with Crippen molar-refractivity contribution in [2.75, 3.05) is 31.2 Å². The lowest BCUT2D eigenvalue weighted by molar-refractivity contribution is -0.123. The van der Waals surface area contributed by atoms with Gasteiger partial charge < -0.3 is 15.7 Å². The van der Waals surface area contributed by atoms with Crippen molar-refractivity contribution in [1.82, 2.24) is 10.6 Å². The maximum absolute atomic E-state index is 11.8. The predicted octanol–water partition coefficient (Wildman–Crippen LogP) is 0.606. The van der Waals surface area contributed by atoms with Crippen molar-refractivity contribution in [2.45, 2.75) is 32.2 Å². The Bertz CT molecular complexity index is 227. The van der Waals surface area contributed by atoms with Gasteiger partial charge in [0.2, 0.25) is 5.91 Å². The van der Waals surface area contributed by atoms with E-state index in [1.54, 1.807) is 11.8 Å². The predicted molar refractivity (Wildman–Crippen MR) is 72.2 cm³/mol. The highest BCUT2D eigenvalue weighted by atomic mass is 32.2. The minimum absolute atomic E-state index is 0.00110. The first kappa shape index (κ1) is 14.8. The van der Waals surface area contributed by atoms with E-state index in [1.165, 1.54) is 6.42 Å². The highest BCUT2D eigenvalue weighted by Gasteiger charge is 2.23. The Morgan fingerprint density at radius 1 is 1.53 bits per heavy atom. The number of aliphatic hydroxyl groups is 1. The zero-order chi connectivity index (χ0) is 12.5. The summed E-state index contributed by atoms with van der Waals surface area (Å²) in [6, 6.07) is 0.00110. The van der Waals surface area contributed by atoms with Crippen LogP contribution in [0.15, 0.2) is 0 Å². The first-order valence-corrected chi connectivity index (χ1v) is 7.59. The van der Waals surface area contributed by atoms with Crippen LogP contribution < -0.4 is 10.6 Å². The monoisotopic (exact) mass is 260 g/mol. The van der Waals surface area contributed by atoms with E-state index in [0.717, 1.165) is 37.4 Å². The van der Waals surface area contributed by atoms with E-state index in [4.69, 9.17) is 5.11 Å². The molecule has 0 aromatic rings. The van der Waals surface area contributed by atoms with Crippen LogP contribution in [-0.4, -0.2) is 48.3 Å². The Kier molecular flexibility index (Phi) is 7.64. The Morgan fingerprint density at radius 2 is 2.35 bits per heavy atom. The van der Waals surface area contributed by atoms with Gasteiger partial charge >= 0.3 is 0 Å². The minimum atomic E-state index is 0.00110. The van der Waals surface area contributed by atoms with E-state index >= 15 is 0 Å². The number of hydrogen-bond donors (Lipinski definition) is 3. The minimum Gasteiger partial charge on any atom is -0.396 e. The van der Waals surface area contributed by atoms with Crippen LogP contribution in [0.2, 0.25) is 0 Å². The Labute approximate surface area is 108 Å². The highest BCUT2D eigenvalue weighted by Crippen LogP contribution is 2.14. The number of carbonyl (C=O) groups excluding carboxylic acids is 1. The van der Waals surface area contributed by atoms with Gasteiger partial charge in [0.1, 0.15) is 0 Å². The van der Waals surface area contributed by atoms with Gasteiger partial charge in [-0.2, -0.15) is 11.8 Å². The Morgan fingerprint density at radius 3 is 3.06 bits per heavy atom. The van der Waals surface area contributed by atoms with Gasteiger partial charge in [0.15, 0.2) is 0 Å². The van der Waals surface area contributed by atoms with E-state index in [0.29, 0.717) is 5.92 Å². The van der Waals surface area contributed by atoms with Crippen molar-refractivity contribution in [3.05, 3.63) is 0 Å². The van der Waals surface area contributed by atoms with Crippen molar-refractivity contribution in [1.29, 1.82) is 0 Å². The second kappa shape index (κ2) is 8.78. The topological polar surface area (TPSA) is 61.4 Å². The molecular formula is C12H24N2O2S. The largest absolute Gasteiger partial charge is 0.396 e. The average molecular weight is 260 g/mol. The van der Waals surface area contributed by atoms with Gasteiger partial charge in [-0.3, -0.25) is 4.79 Å². The van der Waals surface area contributed by atoms with Crippen molar-refractivity contribution in [3.8, 4) is 0 Å². The molecule has 5 heteroatoms. The summed E-state index contributed by atoms with van der Waals surface area (Å²) in [5.74, 6) is 2.67. The molecule has 3 N–H and O–H groups in total. The molecule has 100 valence electrons. The molecule has 17 heavy (non-hydrogen) atoms. The summed E-state index contributed by atoms with van der Waals surface area (Å²) in [5, 5.41) is 14.8. The van der Waals surface area contributed by atoms with Gasteiger partial charge in [0.05, 0.1) is 6.04 Å². The van der Waals surface area contributed by atoms with Crippen LogP contribution in [0.4, 0.5) is 0 Å². The summed E-state index contributed by atoms with van der Waals surface area (Å²) in [4.78, 5) is 11.8. The number of piperidine rings is 1. The molecule has 0 bridgehead atoms. The third-order valence-corrected chi connectivity index (χ3v) is 4.05. The molecule has 0 aromatic carbocycles. The number of nitrogens with one attached hydrogen (secondary N) is 2. The van der Waals surface area contributed by atoms with Gasteiger partial charge in [0.25, 0.3) is 0 Å². The summed E-state index contributed by atoms with van der Waals surface area (Å²) in [7, 11) is 0. The van der Waals surface area contributed by atoms with E-state index in [-0.39, 0.29) is 18.6 Å². The summed E-state index contributed by atoms with van der Waals surface area (Å²) in [5.41, 5.74) is 0. The maximum Gasteiger partial charge on any atom is 0.237 e. The molecular weight excluding hydrogens is 236 g/mol. The molecule has 4 nitrogen and oxygen atoms in total. The smallest absolute Gasteiger partial charge is 0.237 e. The van der Waals surface area contributed by atoms with E-state index in [9.17, 15) is 4.79 Å². The number of amides is 1. The quantitative estimate of drug-likeness (QED) is 0.587. The highest BCUT2D eigenvalue weighted by molar-refractivity contribution is 7.99. The number of thioether (sulfide) groups is 1. The van der Waals surface area contributed by atoms with E-state index < -0.39 is 0 Å². The third-order valence-electron chi connectivity index (χ3n) is 2.97. The fourth-order valence-corrected chi connectivity index (χ4v) is 2.73. The van der Waals surface area contributed by atoms with Gasteiger partial charge in [-0.15, -0.1) is 0 Å². The lowest BCUT2D eigenvalue weighted by Gasteiger charge is -2.27. The summed E-state index contributed by atoms with van der Waals surface area (Å²) in [6.07, 6.45) is 2.95. The summed E-state index contributed by atoms with van der Waals surface area (Å²) < 4.78 is 0. The lowest BCUT2D eigenvalue weighted by Crippen LogP contribution is -2.48. The molecule has 2 unspecified atom stereocenters. The molecule has 0 aromatic heterocycles. The fraction of sp³-hybridized carbons (Fsp3) is 0.917. The van der Waals surface area contributed by atoms with Crippen LogP contribution in [0.25, 0.3) is 0 Å². The van der Waals surface area contributed by atoms with Gasteiger partial charge in [-0.1, -0.05) is 6.92 Å². The molecule has 1 fully saturated rings. The Balaban J connectivity index is 2.04. The van der Waals surface area contributed by atoms with Crippen LogP contribution in [-0.2, 0) is 4.79 Å². The normalized spacial score (nSPS) is 24.6. The molecule has 1 amide bonds. The molecule has 1 rings (SSSR count). The van der Waals surface area contributed by atoms with Crippen molar-refractivity contribution in [3.63, 3.8) is 0 Å². The first-order valence-electron chi connectivity index (χ1n) is 6.43. The summed E-state index contributed by atoms with van der Waals surface area (Å²) in [6.45, 7) is 4.13. The van der Waals surface area contributed by atoms with Crippen molar-refractivity contribution < 1.29 is 9.90 Å². The van der Waals surface area contributed by atoms with Crippen LogP contribution in [0.1, 0.15) is 26.2 Å². The SMILES string of the molecule is CC1CCNC(C(=O)NCCSCCCO)C1. The maximum atomic E-state index is 11.8. The molecule has 1 aliphatic rings. The molecule has 1 aliphatic heterocycles. The average Bonchev–Trinajstić information content (AvgIpc) is 2.33. The summed E-state index contributed by atoms with van der Waals surface area (Å²) >= 11 is 1.77. The molecule has 1 saturated heterocycles. The molecule has 0 radical (unpaired) electrons. The number of rotatable bonds is 7. The number of aliphatic hydroxyl groups excluding tert-OH is 1. The molecule has 0 spiro atoms. The zero-order valence-corrected chi connectivity index (χ0v) is 11.4. The third kappa shape index (κ3) is 6.29. The standard InChI is InChI=1S/C12H24N2O2S/c1-10-3-4-13-11(9-10)12(16)14-5-8-17-7-2-6-15/h10-11,13,15H,2-9H2,1H3,(H,14,16). The van der Waals surface area contributed by atoms with Crippen molar-refractivity contribution in [2.24, 2.45) is 5.92 Å². The van der Waals surface area contributed by atoms with E-state index in [2.05, 4.69) is 17.6 Å². The van der Waals surface area contributed by atoms with Crippen LogP contribution >= 0.6 is 11.8 Å². The van der Waals surface area contributed by atoms with Crippen molar-refractivity contribution >= 4 is 17.7 Å². The zero-order valence-electron chi connectivity index (χ0n) is 10.6. The molecule has 1 heterocycles.